The molecule has 2 heterocycles. The fourth-order valence-corrected chi connectivity index (χ4v) is 3.90. The number of hydrogen-bond acceptors (Lipinski definition) is 7. The van der Waals surface area contributed by atoms with E-state index < -0.39 is 0 Å². The molecule has 3 aromatic rings. The van der Waals surface area contributed by atoms with Crippen LogP contribution in [0, 0.1) is 11.3 Å². The summed E-state index contributed by atoms with van der Waals surface area (Å²) in [6, 6.07) is 11.4. The monoisotopic (exact) mass is 448 g/mol. The van der Waals surface area contributed by atoms with Crippen LogP contribution in [0.2, 0.25) is 0 Å². The molecule has 172 valence electrons. The maximum atomic E-state index is 7.55. The normalized spacial score (nSPS) is 15.0. The van der Waals surface area contributed by atoms with Crippen molar-refractivity contribution in [1.29, 1.82) is 5.41 Å². The van der Waals surface area contributed by atoms with E-state index in [-0.39, 0.29) is 18.5 Å². The van der Waals surface area contributed by atoms with Crippen molar-refractivity contribution in [3.63, 3.8) is 0 Å². The number of methoxy groups -OCH3 is 1. The molecular formula is C25H28N4O4. The molecule has 0 bridgehead atoms. The Balaban J connectivity index is 1.67. The van der Waals surface area contributed by atoms with Crippen molar-refractivity contribution < 1.29 is 18.9 Å². The van der Waals surface area contributed by atoms with Gasteiger partial charge in [-0.15, -0.1) is 0 Å². The predicted octanol–water partition coefficient (Wildman–Crippen LogP) is 4.34. The summed E-state index contributed by atoms with van der Waals surface area (Å²) >= 11 is 0. The molecule has 8 nitrogen and oxygen atoms in total. The highest BCUT2D eigenvalue weighted by atomic mass is 16.5. The molecule has 0 spiro atoms. The molecule has 1 aliphatic heterocycles. The van der Waals surface area contributed by atoms with Crippen LogP contribution in [-0.2, 0) is 9.47 Å². The van der Waals surface area contributed by atoms with Crippen molar-refractivity contribution >= 4 is 6.02 Å². The van der Waals surface area contributed by atoms with Crippen molar-refractivity contribution in [1.82, 2.24) is 9.97 Å². The summed E-state index contributed by atoms with van der Waals surface area (Å²) < 4.78 is 23.0. The zero-order valence-corrected chi connectivity index (χ0v) is 18.8. The van der Waals surface area contributed by atoms with Crippen molar-refractivity contribution in [2.45, 2.75) is 19.3 Å². The highest BCUT2D eigenvalue weighted by Gasteiger charge is 2.29. The number of rotatable bonds is 9. The van der Waals surface area contributed by atoms with Gasteiger partial charge in [-0.3, -0.25) is 5.41 Å². The quantitative estimate of drug-likeness (QED) is 0.370. The summed E-state index contributed by atoms with van der Waals surface area (Å²) in [6.07, 6.45) is 6.01. The second-order valence-corrected chi connectivity index (χ2v) is 7.95. The molecule has 8 heteroatoms. The van der Waals surface area contributed by atoms with E-state index in [0.29, 0.717) is 19.1 Å². The Bertz CT molecular complexity index is 1110. The molecule has 2 aromatic carbocycles. The Morgan fingerprint density at radius 2 is 1.79 bits per heavy atom. The van der Waals surface area contributed by atoms with Crippen LogP contribution in [0.15, 0.2) is 55.1 Å². The van der Waals surface area contributed by atoms with Crippen LogP contribution < -0.4 is 15.2 Å². The van der Waals surface area contributed by atoms with Gasteiger partial charge in [0, 0.05) is 42.1 Å². The van der Waals surface area contributed by atoms with Crippen molar-refractivity contribution in [3.05, 3.63) is 66.2 Å². The highest BCUT2D eigenvalue weighted by Crippen LogP contribution is 2.46. The standard InChI is InChI=1S/C25H28N4O4/c1-3-16(12-30-2)13-31-19-5-7-24-21(9-19)22(14-32-25(26)27)20-8-17(4-6-23(20)33-24)18-10-28-15-29-11-18/h4-11,15-16,22H,3,12-14H2,1-2H3,(H3,26,27). The molecule has 2 unspecified atom stereocenters. The summed E-state index contributed by atoms with van der Waals surface area (Å²) in [4.78, 5) is 8.23. The molecule has 0 radical (unpaired) electrons. The molecule has 0 fully saturated rings. The first-order chi connectivity index (χ1) is 16.1. The Labute approximate surface area is 193 Å². The molecule has 0 amide bonds. The molecule has 33 heavy (non-hydrogen) atoms. The SMILES string of the molecule is CCC(COC)COc1ccc2c(c1)C(COC(=N)N)c1cc(-c3cncnc3)ccc1O2. The Morgan fingerprint density at radius 1 is 1.06 bits per heavy atom. The van der Waals surface area contributed by atoms with Crippen molar-refractivity contribution in [2.75, 3.05) is 26.9 Å². The van der Waals surface area contributed by atoms with Gasteiger partial charge >= 0.3 is 0 Å². The van der Waals surface area contributed by atoms with E-state index in [0.717, 1.165) is 45.9 Å². The van der Waals surface area contributed by atoms with Crippen LogP contribution in [0.5, 0.6) is 17.2 Å². The minimum absolute atomic E-state index is 0.193. The third-order valence-corrected chi connectivity index (χ3v) is 5.73. The first-order valence-electron chi connectivity index (χ1n) is 10.9. The number of amidine groups is 1. The minimum atomic E-state index is -0.324. The van der Waals surface area contributed by atoms with Crippen LogP contribution in [0.4, 0.5) is 0 Å². The van der Waals surface area contributed by atoms with Crippen LogP contribution in [-0.4, -0.2) is 42.9 Å². The van der Waals surface area contributed by atoms with Crippen LogP contribution >= 0.6 is 0 Å². The number of benzene rings is 2. The molecule has 0 aliphatic carbocycles. The van der Waals surface area contributed by atoms with Gasteiger partial charge in [-0.25, -0.2) is 9.97 Å². The fourth-order valence-electron chi connectivity index (χ4n) is 3.90. The highest BCUT2D eigenvalue weighted by molar-refractivity contribution is 5.69. The van der Waals surface area contributed by atoms with Gasteiger partial charge < -0.3 is 24.7 Å². The van der Waals surface area contributed by atoms with Crippen molar-refractivity contribution in [3.8, 4) is 28.4 Å². The Hall–Kier alpha value is -3.65. The summed E-state index contributed by atoms with van der Waals surface area (Å²) in [5.41, 5.74) is 9.22. The van der Waals surface area contributed by atoms with Crippen molar-refractivity contribution in [2.24, 2.45) is 11.7 Å². The second-order valence-electron chi connectivity index (χ2n) is 7.95. The maximum absolute atomic E-state index is 7.55. The number of nitrogens with one attached hydrogen (secondary N) is 1. The van der Waals surface area contributed by atoms with E-state index in [1.54, 1.807) is 19.5 Å². The van der Waals surface area contributed by atoms with Gasteiger partial charge in [-0.2, -0.15) is 0 Å². The lowest BCUT2D eigenvalue weighted by Gasteiger charge is -2.29. The van der Waals surface area contributed by atoms with E-state index >= 15 is 0 Å². The first-order valence-corrected chi connectivity index (χ1v) is 10.9. The lowest BCUT2D eigenvalue weighted by Crippen LogP contribution is -2.22. The van der Waals surface area contributed by atoms with E-state index in [1.807, 2.05) is 36.4 Å². The number of nitrogens with two attached hydrogens (primary N) is 1. The smallest absolute Gasteiger partial charge is 0.279 e. The topological polar surface area (TPSA) is 113 Å². The third kappa shape index (κ3) is 5.23. The van der Waals surface area contributed by atoms with Gasteiger partial charge in [0.25, 0.3) is 6.02 Å². The molecule has 0 saturated heterocycles. The molecule has 4 rings (SSSR count). The number of ether oxygens (including phenoxy) is 4. The van der Waals surface area contributed by atoms with E-state index in [2.05, 4.69) is 16.9 Å². The summed E-state index contributed by atoms with van der Waals surface area (Å²) in [7, 11) is 1.70. The predicted molar refractivity (Wildman–Crippen MR) is 125 cm³/mol. The Kier molecular flexibility index (Phi) is 7.04. The van der Waals surface area contributed by atoms with E-state index in [1.165, 1.54) is 6.33 Å². The lowest BCUT2D eigenvalue weighted by molar-refractivity contribution is 0.116. The number of fused-ring (bicyclic) bond motifs is 2. The molecular weight excluding hydrogens is 420 g/mol. The Morgan fingerprint density at radius 3 is 2.48 bits per heavy atom. The van der Waals surface area contributed by atoms with Crippen LogP contribution in [0.3, 0.4) is 0 Å². The van der Waals surface area contributed by atoms with Gasteiger partial charge in [0.1, 0.15) is 30.2 Å². The van der Waals surface area contributed by atoms with Gasteiger partial charge in [-0.1, -0.05) is 13.0 Å². The largest absolute Gasteiger partial charge is 0.493 e. The zero-order chi connectivity index (χ0) is 23.2. The van der Waals surface area contributed by atoms with Gasteiger partial charge in [-0.05, 0) is 42.3 Å². The number of aromatic nitrogens is 2. The van der Waals surface area contributed by atoms with Crippen LogP contribution in [0.1, 0.15) is 30.4 Å². The molecule has 0 saturated carbocycles. The third-order valence-electron chi connectivity index (χ3n) is 5.73. The average molecular weight is 449 g/mol. The number of hydrogen-bond donors (Lipinski definition) is 2. The molecule has 1 aliphatic rings. The molecule has 3 N–H and O–H groups in total. The summed E-state index contributed by atoms with van der Waals surface area (Å²) in [6.45, 7) is 3.54. The van der Waals surface area contributed by atoms with Gasteiger partial charge in [0.2, 0.25) is 0 Å². The minimum Gasteiger partial charge on any atom is -0.493 e. The fraction of sp³-hybridized carbons (Fsp3) is 0.320. The van der Waals surface area contributed by atoms with E-state index in [9.17, 15) is 0 Å². The van der Waals surface area contributed by atoms with E-state index in [4.69, 9.17) is 30.1 Å². The molecule has 1 aromatic heterocycles. The second kappa shape index (κ2) is 10.3. The van der Waals surface area contributed by atoms with Gasteiger partial charge in [0.15, 0.2) is 0 Å². The van der Waals surface area contributed by atoms with Crippen LogP contribution in [0.25, 0.3) is 11.1 Å². The molecule has 2 atom stereocenters. The average Bonchev–Trinajstić information content (AvgIpc) is 2.84. The van der Waals surface area contributed by atoms with Gasteiger partial charge in [0.05, 0.1) is 19.1 Å². The first kappa shape index (κ1) is 22.5. The zero-order valence-electron chi connectivity index (χ0n) is 18.8. The lowest BCUT2D eigenvalue weighted by atomic mass is 9.87. The maximum Gasteiger partial charge on any atom is 0.279 e. The number of nitrogens with zero attached hydrogens (tertiary/aromatic N) is 2. The summed E-state index contributed by atoms with van der Waals surface area (Å²) in [5, 5.41) is 7.55. The summed E-state index contributed by atoms with van der Waals surface area (Å²) in [5.74, 6) is 2.33.